The van der Waals surface area contributed by atoms with Crippen LogP contribution >= 0.6 is 27.5 Å². The van der Waals surface area contributed by atoms with Gasteiger partial charge in [-0.05, 0) is 38.2 Å². The molecule has 0 spiro atoms. The van der Waals surface area contributed by atoms with Crippen molar-refractivity contribution in [3.8, 4) is 22.8 Å². The SMILES string of the molecule is C[Si](C)(C)Oc1c(C(Br)CCNS(=O)O)oc(-c2cccc(Cl)c2)c1O. The van der Waals surface area contributed by atoms with Gasteiger partial charge in [0.1, 0.15) is 0 Å². The summed E-state index contributed by atoms with van der Waals surface area (Å²) in [4.78, 5) is -0.316. The minimum Gasteiger partial charge on any atom is -0.539 e. The topological polar surface area (TPSA) is 91.9 Å². The Morgan fingerprint density at radius 3 is 2.69 bits per heavy atom. The summed E-state index contributed by atoms with van der Waals surface area (Å²) >= 11 is 7.48. The average Bonchev–Trinajstić information content (AvgIpc) is 2.82. The minimum atomic E-state index is -2.08. The third-order valence-electron chi connectivity index (χ3n) is 3.27. The monoisotopic (exact) mass is 481 g/mol. The fraction of sp³-hybridized carbons (Fsp3) is 0.375. The van der Waals surface area contributed by atoms with E-state index in [2.05, 4.69) is 20.7 Å². The van der Waals surface area contributed by atoms with E-state index in [0.29, 0.717) is 28.5 Å². The third-order valence-corrected chi connectivity index (χ3v) is 5.65. The number of hydrogen-bond acceptors (Lipinski definition) is 4. The van der Waals surface area contributed by atoms with E-state index in [4.69, 9.17) is 25.0 Å². The van der Waals surface area contributed by atoms with Gasteiger partial charge in [-0.25, -0.2) is 8.93 Å². The van der Waals surface area contributed by atoms with Crippen molar-refractivity contribution in [2.75, 3.05) is 6.54 Å². The van der Waals surface area contributed by atoms with Gasteiger partial charge in [0.15, 0.2) is 17.3 Å². The number of hydrogen-bond donors (Lipinski definition) is 3. The highest BCUT2D eigenvalue weighted by Crippen LogP contribution is 2.49. The van der Waals surface area contributed by atoms with Crippen molar-refractivity contribution in [2.45, 2.75) is 30.9 Å². The molecule has 2 atom stereocenters. The lowest BCUT2D eigenvalue weighted by Gasteiger charge is -2.20. The van der Waals surface area contributed by atoms with Gasteiger partial charge in [0.05, 0.1) is 4.83 Å². The lowest BCUT2D eigenvalue weighted by molar-refractivity contribution is 0.438. The first kappa shape index (κ1) is 21.5. The predicted octanol–water partition coefficient (Wildman–Crippen LogP) is 5.07. The van der Waals surface area contributed by atoms with Crippen molar-refractivity contribution in [3.63, 3.8) is 0 Å². The summed E-state index contributed by atoms with van der Waals surface area (Å²) in [5, 5.41) is 11.2. The van der Waals surface area contributed by atoms with E-state index in [1.807, 2.05) is 19.6 Å². The zero-order valence-electron chi connectivity index (χ0n) is 14.6. The second kappa shape index (κ2) is 8.90. The Morgan fingerprint density at radius 1 is 1.42 bits per heavy atom. The Hall–Kier alpha value is -0.843. The van der Waals surface area contributed by atoms with Gasteiger partial charge in [0.25, 0.3) is 0 Å². The zero-order valence-corrected chi connectivity index (χ0v) is 18.7. The van der Waals surface area contributed by atoms with Gasteiger partial charge < -0.3 is 13.9 Å². The molecule has 2 unspecified atom stereocenters. The first-order valence-electron chi connectivity index (χ1n) is 7.87. The Morgan fingerprint density at radius 2 is 2.12 bits per heavy atom. The van der Waals surface area contributed by atoms with Crippen molar-refractivity contribution >= 4 is 47.1 Å². The van der Waals surface area contributed by atoms with Crippen LogP contribution in [0.25, 0.3) is 11.3 Å². The molecule has 6 nitrogen and oxygen atoms in total. The molecule has 10 heteroatoms. The van der Waals surface area contributed by atoms with Crippen LogP contribution in [0.1, 0.15) is 17.0 Å². The van der Waals surface area contributed by atoms with Crippen LogP contribution in [0.5, 0.6) is 11.5 Å². The van der Waals surface area contributed by atoms with Gasteiger partial charge >= 0.3 is 0 Å². The normalized spacial score (nSPS) is 14.2. The molecule has 3 N–H and O–H groups in total. The minimum absolute atomic E-state index is 0.0761. The number of alkyl halides is 1. The summed E-state index contributed by atoms with van der Waals surface area (Å²) in [6, 6.07) is 6.98. The Labute approximate surface area is 169 Å². The van der Waals surface area contributed by atoms with Crippen molar-refractivity contribution in [2.24, 2.45) is 0 Å². The van der Waals surface area contributed by atoms with Crippen LogP contribution in [0.3, 0.4) is 0 Å². The summed E-state index contributed by atoms with van der Waals surface area (Å²) in [5.41, 5.74) is 0.635. The van der Waals surface area contributed by atoms with E-state index in [1.54, 1.807) is 24.3 Å². The molecule has 144 valence electrons. The van der Waals surface area contributed by atoms with Gasteiger partial charge in [-0.15, -0.1) is 0 Å². The second-order valence-corrected chi connectivity index (χ2v) is 13.4. The van der Waals surface area contributed by atoms with E-state index in [0.717, 1.165) is 0 Å². The summed E-state index contributed by atoms with van der Waals surface area (Å²) in [6.45, 7) is 6.28. The van der Waals surface area contributed by atoms with Crippen LogP contribution < -0.4 is 9.15 Å². The molecule has 0 aliphatic carbocycles. The molecule has 0 aliphatic heterocycles. The van der Waals surface area contributed by atoms with E-state index in [9.17, 15) is 9.32 Å². The highest BCUT2D eigenvalue weighted by atomic mass is 79.9. The van der Waals surface area contributed by atoms with Crippen molar-refractivity contribution in [3.05, 3.63) is 35.0 Å². The highest BCUT2D eigenvalue weighted by Gasteiger charge is 2.30. The molecule has 0 fully saturated rings. The molecule has 0 radical (unpaired) electrons. The van der Waals surface area contributed by atoms with E-state index in [1.165, 1.54) is 0 Å². The molecule has 0 amide bonds. The Bertz CT molecular complexity index is 795. The standard InChI is InChI=1S/C16H21BrClNO5SSi/c1-26(2,3)24-16-13(20)14(10-5-4-6-11(18)9-10)23-15(16)12(17)7-8-19-25(21)22/h4-6,9,12,19-20H,7-8H2,1-3H3,(H,21,22). The third kappa shape index (κ3) is 5.83. The van der Waals surface area contributed by atoms with Crippen LogP contribution in [-0.4, -0.2) is 28.7 Å². The summed E-state index contributed by atoms with van der Waals surface area (Å²) in [6.07, 6.45) is 0.455. The fourth-order valence-electron chi connectivity index (χ4n) is 2.26. The number of halogens is 2. The van der Waals surface area contributed by atoms with Crippen LogP contribution in [0.2, 0.25) is 24.7 Å². The van der Waals surface area contributed by atoms with Gasteiger partial charge in [-0.3, -0.25) is 4.55 Å². The van der Waals surface area contributed by atoms with Crippen molar-refractivity contribution < 1.29 is 22.7 Å². The first-order valence-corrected chi connectivity index (χ1v) is 13.7. The molecule has 2 rings (SSSR count). The molecular formula is C16H21BrClNO5SSi. The second-order valence-electron chi connectivity index (χ2n) is 6.60. The molecule has 0 bridgehead atoms. The number of rotatable bonds is 8. The predicted molar refractivity (Wildman–Crippen MR) is 110 cm³/mol. The Balaban J connectivity index is 2.41. The van der Waals surface area contributed by atoms with Crippen LogP contribution in [0.4, 0.5) is 0 Å². The van der Waals surface area contributed by atoms with Crippen LogP contribution in [0.15, 0.2) is 28.7 Å². The number of aromatic hydroxyl groups is 1. The van der Waals surface area contributed by atoms with Crippen LogP contribution in [0, 0.1) is 0 Å². The van der Waals surface area contributed by atoms with Gasteiger partial charge in [-0.2, -0.15) is 0 Å². The maximum absolute atomic E-state index is 10.7. The maximum atomic E-state index is 10.7. The molecule has 0 aliphatic rings. The molecule has 1 heterocycles. The summed E-state index contributed by atoms with van der Waals surface area (Å²) in [5.74, 6) is 0.934. The largest absolute Gasteiger partial charge is 0.539 e. The van der Waals surface area contributed by atoms with E-state index < -0.39 is 19.6 Å². The molecule has 0 saturated heterocycles. The molecule has 1 aromatic heterocycles. The van der Waals surface area contributed by atoms with Crippen molar-refractivity contribution in [1.82, 2.24) is 4.72 Å². The number of furan rings is 1. The molecule has 26 heavy (non-hydrogen) atoms. The van der Waals surface area contributed by atoms with Gasteiger partial charge in [0.2, 0.25) is 25.3 Å². The molecule has 1 aromatic carbocycles. The molecule has 0 saturated carbocycles. The molecular weight excluding hydrogens is 462 g/mol. The van der Waals surface area contributed by atoms with Crippen molar-refractivity contribution in [1.29, 1.82) is 0 Å². The van der Waals surface area contributed by atoms with E-state index >= 15 is 0 Å². The maximum Gasteiger partial charge on any atom is 0.242 e. The van der Waals surface area contributed by atoms with Gasteiger partial charge in [-0.1, -0.05) is 39.7 Å². The summed E-state index contributed by atoms with van der Waals surface area (Å²) in [7, 11) is -2.03. The smallest absolute Gasteiger partial charge is 0.242 e. The molecule has 2 aromatic rings. The Kier molecular flexibility index (Phi) is 7.34. The first-order chi connectivity index (χ1) is 12.1. The quantitative estimate of drug-likeness (QED) is 0.277. The van der Waals surface area contributed by atoms with Crippen LogP contribution in [-0.2, 0) is 11.3 Å². The van der Waals surface area contributed by atoms with Gasteiger partial charge in [0, 0.05) is 17.1 Å². The zero-order chi connectivity index (χ0) is 19.5. The fourth-order valence-corrected chi connectivity index (χ4v) is 4.09. The number of nitrogens with one attached hydrogen (secondary N) is 1. The van der Waals surface area contributed by atoms with E-state index in [-0.39, 0.29) is 22.9 Å². The average molecular weight is 483 g/mol. The lowest BCUT2D eigenvalue weighted by Crippen LogP contribution is -2.29. The lowest BCUT2D eigenvalue weighted by atomic mass is 10.1. The summed E-state index contributed by atoms with van der Waals surface area (Å²) < 4.78 is 33.9. The number of benzene rings is 1. The highest BCUT2D eigenvalue weighted by molar-refractivity contribution is 9.09.